The van der Waals surface area contributed by atoms with Gasteiger partial charge >= 0.3 is 0 Å². The van der Waals surface area contributed by atoms with Crippen LogP contribution in [0.15, 0.2) is 52.1 Å². The van der Waals surface area contributed by atoms with Crippen molar-refractivity contribution in [2.45, 2.75) is 57.0 Å². The third-order valence-electron chi connectivity index (χ3n) is 6.72. The molecule has 1 aliphatic rings. The third kappa shape index (κ3) is 7.73. The normalized spacial score (nSPS) is 15.2. The number of benzene rings is 1. The Kier molecular flexibility index (Phi) is 10.2. The zero-order chi connectivity index (χ0) is 29.4. The molecule has 5 rings (SSSR count). The first kappa shape index (κ1) is 30.1. The van der Waals surface area contributed by atoms with E-state index >= 15 is 0 Å². The van der Waals surface area contributed by atoms with E-state index in [0.29, 0.717) is 36.7 Å². The van der Waals surface area contributed by atoms with Gasteiger partial charge in [0.2, 0.25) is 27.9 Å². The highest BCUT2D eigenvalue weighted by Crippen LogP contribution is 2.28. The fraction of sp³-hybridized carbons (Fsp3) is 0.429. The second kappa shape index (κ2) is 14.2. The molecule has 0 amide bonds. The quantitative estimate of drug-likeness (QED) is 0.150. The number of unbranched alkanes of at least 4 members (excludes halogenated alkanes) is 1. The fourth-order valence-corrected chi connectivity index (χ4v) is 7.34. The van der Waals surface area contributed by atoms with E-state index in [0.717, 1.165) is 54.4 Å². The average molecular weight is 629 g/mol. The van der Waals surface area contributed by atoms with E-state index in [1.165, 1.54) is 0 Å². The molecule has 4 heterocycles. The number of anilines is 3. The highest BCUT2D eigenvalue weighted by molar-refractivity contribution is 7.89. The summed E-state index contributed by atoms with van der Waals surface area (Å²) in [6.07, 6.45) is 3.77. The zero-order valence-corrected chi connectivity index (χ0v) is 26.2. The largest absolute Gasteiger partial charge is 0.494 e. The molecule has 0 bridgehead atoms. The average Bonchev–Trinajstić information content (AvgIpc) is 3.78. The van der Waals surface area contributed by atoms with Crippen LogP contribution in [0.5, 0.6) is 5.75 Å². The number of thiazole rings is 1. The van der Waals surface area contributed by atoms with Crippen LogP contribution in [0.2, 0.25) is 0 Å². The number of rotatable bonds is 15. The molecular formula is C28H36N8O3S3. The van der Waals surface area contributed by atoms with Crippen molar-refractivity contribution in [2.24, 2.45) is 0 Å². The minimum atomic E-state index is -3.72. The van der Waals surface area contributed by atoms with E-state index in [4.69, 9.17) is 19.7 Å². The van der Waals surface area contributed by atoms with Gasteiger partial charge in [-0.3, -0.25) is 0 Å². The summed E-state index contributed by atoms with van der Waals surface area (Å²) >= 11 is 3.28. The summed E-state index contributed by atoms with van der Waals surface area (Å²) in [6.45, 7) is 6.64. The van der Waals surface area contributed by atoms with Gasteiger partial charge < -0.3 is 20.3 Å². The van der Waals surface area contributed by atoms with Crippen LogP contribution in [-0.2, 0) is 16.6 Å². The van der Waals surface area contributed by atoms with Crippen molar-refractivity contribution >= 4 is 50.5 Å². The number of sulfonamides is 1. The Bertz CT molecular complexity index is 1550. The van der Waals surface area contributed by atoms with Crippen molar-refractivity contribution in [3.63, 3.8) is 0 Å². The van der Waals surface area contributed by atoms with Gasteiger partial charge in [-0.1, -0.05) is 25.5 Å². The Morgan fingerprint density at radius 1 is 1.05 bits per heavy atom. The van der Waals surface area contributed by atoms with Crippen LogP contribution in [0.1, 0.15) is 45.2 Å². The van der Waals surface area contributed by atoms with Crippen molar-refractivity contribution in [3.8, 4) is 15.6 Å². The van der Waals surface area contributed by atoms with E-state index < -0.39 is 10.0 Å². The molecule has 0 aliphatic carbocycles. The van der Waals surface area contributed by atoms with Crippen molar-refractivity contribution in [2.75, 3.05) is 41.8 Å². The van der Waals surface area contributed by atoms with Crippen LogP contribution in [0, 0.1) is 0 Å². The lowest BCUT2D eigenvalue weighted by molar-refractivity contribution is 0.339. The minimum Gasteiger partial charge on any atom is -0.494 e. The topological polar surface area (TPSA) is 134 Å². The zero-order valence-electron chi connectivity index (χ0n) is 23.7. The maximum absolute atomic E-state index is 13.1. The third-order valence-corrected chi connectivity index (χ3v) is 10.1. The Hall–Kier alpha value is -3.33. The molecule has 1 aliphatic heterocycles. The lowest BCUT2D eigenvalue weighted by Gasteiger charge is -2.25. The van der Waals surface area contributed by atoms with Crippen LogP contribution >= 0.6 is 22.7 Å². The van der Waals surface area contributed by atoms with E-state index in [1.54, 1.807) is 46.9 Å². The summed E-state index contributed by atoms with van der Waals surface area (Å²) in [7, 11) is -3.72. The molecule has 1 saturated heterocycles. The molecular weight excluding hydrogens is 593 g/mol. The number of ether oxygens (including phenoxy) is 1. The predicted molar refractivity (Wildman–Crippen MR) is 169 cm³/mol. The smallest absolute Gasteiger partial charge is 0.240 e. The van der Waals surface area contributed by atoms with Crippen LogP contribution < -0.4 is 25.0 Å². The summed E-state index contributed by atoms with van der Waals surface area (Å²) < 4.78 is 34.4. The van der Waals surface area contributed by atoms with Crippen LogP contribution in [0.4, 0.5) is 17.8 Å². The summed E-state index contributed by atoms with van der Waals surface area (Å²) in [4.78, 5) is 22.2. The summed E-state index contributed by atoms with van der Waals surface area (Å²) in [6, 6.07) is 10.5. The maximum Gasteiger partial charge on any atom is 0.240 e. The highest BCUT2D eigenvalue weighted by Gasteiger charge is 2.29. The van der Waals surface area contributed by atoms with Gasteiger partial charge in [0.05, 0.1) is 28.6 Å². The lowest BCUT2D eigenvalue weighted by atomic mass is 10.2. The second-order valence-corrected chi connectivity index (χ2v) is 13.4. The van der Waals surface area contributed by atoms with E-state index in [1.807, 2.05) is 23.8 Å². The first-order chi connectivity index (χ1) is 20.4. The first-order valence-electron chi connectivity index (χ1n) is 14.2. The van der Waals surface area contributed by atoms with Crippen molar-refractivity contribution < 1.29 is 13.2 Å². The monoisotopic (exact) mass is 628 g/mol. The minimum absolute atomic E-state index is 0.0968. The molecule has 0 radical (unpaired) electrons. The van der Waals surface area contributed by atoms with Crippen LogP contribution in [0.3, 0.4) is 0 Å². The van der Waals surface area contributed by atoms with Crippen LogP contribution in [0.25, 0.3) is 9.88 Å². The number of nitrogens with one attached hydrogen (secondary N) is 3. The van der Waals surface area contributed by atoms with Gasteiger partial charge in [-0.15, -0.1) is 22.7 Å². The van der Waals surface area contributed by atoms with Gasteiger partial charge in [-0.2, -0.15) is 15.0 Å². The Balaban J connectivity index is 1.29. The molecule has 0 unspecified atom stereocenters. The number of hydrogen-bond acceptors (Lipinski definition) is 12. The SMILES string of the molecule is CCCCNc1nc(NCc2csc(-c3cccs3)n2)nc(N2CCC[C@@H]2CNS(=O)(=O)c2cccc(OCC)c2)n1. The molecule has 3 aromatic heterocycles. The lowest BCUT2D eigenvalue weighted by Crippen LogP contribution is -2.41. The van der Waals surface area contributed by atoms with Crippen molar-refractivity contribution in [1.82, 2.24) is 24.7 Å². The number of thiophene rings is 1. The molecule has 1 fully saturated rings. The van der Waals surface area contributed by atoms with E-state index in [2.05, 4.69) is 38.2 Å². The standard InChI is InChI=1S/C28H36N8O3S3/c1-3-5-13-29-26-33-27(30-17-20-19-41-25(32-20)24-12-8-15-40-24)35-28(34-26)36-14-7-9-21(36)18-31-42(37,38)23-11-6-10-22(16-23)39-4-2/h6,8,10-12,15-16,19,21,31H,3-5,7,9,13-14,17-18H2,1-2H3,(H2,29,30,33,34,35)/t21-/m1/s1. The molecule has 3 N–H and O–H groups in total. The summed E-state index contributed by atoms with van der Waals surface area (Å²) in [5, 5.41) is 11.7. The van der Waals surface area contributed by atoms with Crippen molar-refractivity contribution in [3.05, 3.63) is 52.9 Å². The second-order valence-electron chi connectivity index (χ2n) is 9.79. The molecule has 4 aromatic rings. The van der Waals surface area contributed by atoms with Gasteiger partial charge in [-0.25, -0.2) is 18.1 Å². The molecule has 0 saturated carbocycles. The van der Waals surface area contributed by atoms with Gasteiger partial charge in [0.1, 0.15) is 10.8 Å². The molecule has 14 heteroatoms. The van der Waals surface area contributed by atoms with Crippen molar-refractivity contribution in [1.29, 1.82) is 0 Å². The maximum atomic E-state index is 13.1. The number of hydrogen-bond donors (Lipinski definition) is 3. The molecule has 224 valence electrons. The Morgan fingerprint density at radius 2 is 1.90 bits per heavy atom. The molecule has 11 nitrogen and oxygen atoms in total. The highest BCUT2D eigenvalue weighted by atomic mass is 32.2. The molecule has 42 heavy (non-hydrogen) atoms. The Morgan fingerprint density at radius 3 is 2.69 bits per heavy atom. The molecule has 1 aromatic carbocycles. The van der Waals surface area contributed by atoms with E-state index in [-0.39, 0.29) is 17.5 Å². The first-order valence-corrected chi connectivity index (χ1v) is 17.4. The summed E-state index contributed by atoms with van der Waals surface area (Å²) in [5.41, 5.74) is 0.910. The van der Waals surface area contributed by atoms with Crippen LogP contribution in [-0.4, -0.2) is 60.6 Å². The fourth-order valence-electron chi connectivity index (χ4n) is 4.60. The number of nitrogens with zero attached hydrogens (tertiary/aromatic N) is 5. The van der Waals surface area contributed by atoms with Gasteiger partial charge in [0.15, 0.2) is 0 Å². The molecule has 0 spiro atoms. The predicted octanol–water partition coefficient (Wildman–Crippen LogP) is 5.23. The number of aromatic nitrogens is 4. The molecule has 1 atom stereocenters. The van der Waals surface area contributed by atoms with Gasteiger partial charge in [0, 0.05) is 37.1 Å². The van der Waals surface area contributed by atoms with Gasteiger partial charge in [0.25, 0.3) is 0 Å². The van der Waals surface area contributed by atoms with Gasteiger partial charge in [-0.05, 0) is 49.8 Å². The Labute approximate surface area is 254 Å². The van der Waals surface area contributed by atoms with E-state index in [9.17, 15) is 8.42 Å². The summed E-state index contributed by atoms with van der Waals surface area (Å²) in [5.74, 6) is 1.98.